The highest BCUT2D eigenvalue weighted by Gasteiger charge is 2.10. The van der Waals surface area contributed by atoms with E-state index in [1.165, 1.54) is 0 Å². The molecular weight excluding hydrogens is 461 g/mol. The van der Waals surface area contributed by atoms with Crippen LogP contribution in [0.2, 0.25) is 0 Å². The average Bonchev–Trinajstić information content (AvgIpc) is 2.62. The highest BCUT2D eigenvalue weighted by Crippen LogP contribution is 2.14. The van der Waals surface area contributed by atoms with Crippen molar-refractivity contribution in [2.45, 2.75) is 20.3 Å². The van der Waals surface area contributed by atoms with Crippen LogP contribution < -0.4 is 16.0 Å². The summed E-state index contributed by atoms with van der Waals surface area (Å²) in [7, 11) is 0. The van der Waals surface area contributed by atoms with Crippen LogP contribution in [0, 0.1) is 10.5 Å². The molecule has 0 heterocycles. The van der Waals surface area contributed by atoms with Crippen LogP contribution in [0.3, 0.4) is 0 Å². The number of thiocarbonyl (C=S) groups is 1. The maximum atomic E-state index is 12.3. The first-order valence-electron chi connectivity index (χ1n) is 8.17. The van der Waals surface area contributed by atoms with Crippen molar-refractivity contribution in [2.75, 3.05) is 11.9 Å². The molecule has 0 atom stereocenters. The number of carbonyl (C=O) groups is 2. The first kappa shape index (κ1) is 20.3. The molecule has 0 aromatic heterocycles. The van der Waals surface area contributed by atoms with E-state index in [2.05, 4.69) is 38.5 Å². The topological polar surface area (TPSA) is 70.2 Å². The molecule has 0 aliphatic heterocycles. The zero-order valence-electron chi connectivity index (χ0n) is 14.6. The highest BCUT2D eigenvalue weighted by atomic mass is 127. The molecule has 2 aromatic rings. The van der Waals surface area contributed by atoms with Crippen LogP contribution in [-0.4, -0.2) is 23.5 Å². The summed E-state index contributed by atoms with van der Waals surface area (Å²) < 4.78 is 1.01. The lowest BCUT2D eigenvalue weighted by atomic mass is 10.1. The van der Waals surface area contributed by atoms with Crippen molar-refractivity contribution in [1.29, 1.82) is 0 Å². The van der Waals surface area contributed by atoms with Crippen LogP contribution in [-0.2, 0) is 0 Å². The summed E-state index contributed by atoms with van der Waals surface area (Å²) in [6, 6.07) is 12.4. The van der Waals surface area contributed by atoms with Crippen LogP contribution in [0.4, 0.5) is 5.69 Å². The maximum Gasteiger partial charge on any atom is 0.257 e. The SMILES string of the molecule is CCCNC(=O)c1cccc(NC(=S)NC(=O)c2ccc(C)c(I)c2)c1. The largest absolute Gasteiger partial charge is 0.352 e. The number of hydrogen-bond acceptors (Lipinski definition) is 3. The predicted octanol–water partition coefficient (Wildman–Crippen LogP) is 3.87. The van der Waals surface area contributed by atoms with Crippen LogP contribution in [0.25, 0.3) is 0 Å². The smallest absolute Gasteiger partial charge is 0.257 e. The molecule has 26 heavy (non-hydrogen) atoms. The molecule has 0 spiro atoms. The lowest BCUT2D eigenvalue weighted by Gasteiger charge is -2.11. The molecule has 0 aliphatic carbocycles. The van der Waals surface area contributed by atoms with Gasteiger partial charge in [0.15, 0.2) is 5.11 Å². The molecule has 0 aliphatic rings. The molecule has 2 amide bonds. The summed E-state index contributed by atoms with van der Waals surface area (Å²) in [6.45, 7) is 4.61. The maximum absolute atomic E-state index is 12.3. The number of aryl methyl sites for hydroxylation is 1. The van der Waals surface area contributed by atoms with E-state index in [4.69, 9.17) is 12.2 Å². The van der Waals surface area contributed by atoms with E-state index in [0.29, 0.717) is 23.4 Å². The molecule has 7 heteroatoms. The third-order valence-corrected chi connectivity index (χ3v) is 4.95. The molecule has 0 fully saturated rings. The molecular formula is C19H20IN3O2S. The third-order valence-electron chi connectivity index (χ3n) is 3.58. The average molecular weight is 481 g/mol. The highest BCUT2D eigenvalue weighted by molar-refractivity contribution is 14.1. The minimum atomic E-state index is -0.280. The second kappa shape index (κ2) is 9.63. The molecule has 3 N–H and O–H groups in total. The van der Waals surface area contributed by atoms with Crippen LogP contribution >= 0.6 is 34.8 Å². The molecule has 0 saturated heterocycles. The minimum Gasteiger partial charge on any atom is -0.352 e. The van der Waals surface area contributed by atoms with Gasteiger partial charge in [-0.15, -0.1) is 0 Å². The van der Waals surface area contributed by atoms with Gasteiger partial charge < -0.3 is 10.6 Å². The fourth-order valence-corrected chi connectivity index (χ4v) is 2.88. The summed E-state index contributed by atoms with van der Waals surface area (Å²) in [4.78, 5) is 24.3. The number of benzene rings is 2. The third kappa shape index (κ3) is 5.77. The number of anilines is 1. The number of hydrogen-bond donors (Lipinski definition) is 3. The number of halogens is 1. The van der Waals surface area contributed by atoms with E-state index in [1.54, 1.807) is 30.3 Å². The van der Waals surface area contributed by atoms with Crippen LogP contribution in [0.15, 0.2) is 42.5 Å². The number of amides is 2. The number of carbonyl (C=O) groups excluding carboxylic acids is 2. The Balaban J connectivity index is 2.00. The quantitative estimate of drug-likeness (QED) is 0.448. The summed E-state index contributed by atoms with van der Waals surface area (Å²) in [6.07, 6.45) is 0.873. The Kier molecular flexibility index (Phi) is 7.52. The first-order chi connectivity index (χ1) is 12.4. The van der Waals surface area contributed by atoms with Gasteiger partial charge in [0.1, 0.15) is 0 Å². The van der Waals surface area contributed by atoms with E-state index >= 15 is 0 Å². The molecule has 5 nitrogen and oxygen atoms in total. The lowest BCUT2D eigenvalue weighted by molar-refractivity contribution is 0.0951. The molecule has 2 rings (SSSR count). The van der Waals surface area contributed by atoms with Gasteiger partial charge in [-0.2, -0.15) is 0 Å². The summed E-state index contributed by atoms with van der Waals surface area (Å²) in [5, 5.41) is 8.59. The van der Waals surface area contributed by atoms with Gasteiger partial charge in [0.05, 0.1) is 0 Å². The zero-order chi connectivity index (χ0) is 19.1. The minimum absolute atomic E-state index is 0.139. The van der Waals surface area contributed by atoms with Gasteiger partial charge in [0, 0.05) is 26.9 Å². The summed E-state index contributed by atoms with van der Waals surface area (Å²) >= 11 is 7.39. The van der Waals surface area contributed by atoms with Gasteiger partial charge >= 0.3 is 0 Å². The first-order valence-corrected chi connectivity index (χ1v) is 9.66. The Morgan fingerprint density at radius 3 is 2.50 bits per heavy atom. The zero-order valence-corrected chi connectivity index (χ0v) is 17.5. The molecule has 2 aromatic carbocycles. The molecule has 136 valence electrons. The van der Waals surface area contributed by atoms with Crippen molar-refractivity contribution in [3.63, 3.8) is 0 Å². The Labute approximate surface area is 172 Å². The Morgan fingerprint density at radius 2 is 1.81 bits per heavy atom. The van der Waals surface area contributed by atoms with Gasteiger partial charge in [0.2, 0.25) is 0 Å². The normalized spacial score (nSPS) is 10.1. The van der Waals surface area contributed by atoms with Gasteiger partial charge in [-0.05, 0) is 84.0 Å². The predicted molar refractivity (Wildman–Crippen MR) is 117 cm³/mol. The van der Waals surface area contributed by atoms with Gasteiger partial charge in [0.25, 0.3) is 11.8 Å². The van der Waals surface area contributed by atoms with Gasteiger partial charge in [-0.3, -0.25) is 14.9 Å². The Bertz CT molecular complexity index is 839. The molecule has 0 radical (unpaired) electrons. The number of nitrogens with one attached hydrogen (secondary N) is 3. The van der Waals surface area contributed by atoms with Crippen molar-refractivity contribution >= 4 is 57.4 Å². The molecule has 0 unspecified atom stereocenters. The second-order valence-corrected chi connectivity index (χ2v) is 7.28. The summed E-state index contributed by atoms with van der Waals surface area (Å²) in [5.74, 6) is -0.419. The number of rotatable bonds is 5. The van der Waals surface area contributed by atoms with Gasteiger partial charge in [-0.1, -0.05) is 19.1 Å². The van der Waals surface area contributed by atoms with E-state index in [-0.39, 0.29) is 16.9 Å². The monoisotopic (exact) mass is 481 g/mol. The van der Waals surface area contributed by atoms with Crippen LogP contribution in [0.5, 0.6) is 0 Å². The Morgan fingerprint density at radius 1 is 1.08 bits per heavy atom. The molecule has 0 saturated carbocycles. The lowest BCUT2D eigenvalue weighted by Crippen LogP contribution is -2.34. The van der Waals surface area contributed by atoms with Crippen LogP contribution in [0.1, 0.15) is 39.6 Å². The summed E-state index contributed by atoms with van der Waals surface area (Å²) in [5.41, 5.74) is 2.82. The van der Waals surface area contributed by atoms with Crippen molar-refractivity contribution in [1.82, 2.24) is 10.6 Å². The van der Waals surface area contributed by atoms with E-state index in [0.717, 1.165) is 15.6 Å². The van der Waals surface area contributed by atoms with Crippen molar-refractivity contribution in [3.05, 3.63) is 62.7 Å². The van der Waals surface area contributed by atoms with Crippen molar-refractivity contribution in [3.8, 4) is 0 Å². The van der Waals surface area contributed by atoms with E-state index in [9.17, 15) is 9.59 Å². The van der Waals surface area contributed by atoms with Gasteiger partial charge in [-0.25, -0.2) is 0 Å². The van der Waals surface area contributed by atoms with E-state index < -0.39 is 0 Å². The van der Waals surface area contributed by atoms with Crippen molar-refractivity contribution < 1.29 is 9.59 Å². The van der Waals surface area contributed by atoms with E-state index in [1.807, 2.05) is 26.0 Å². The Hall–Kier alpha value is -2.00. The van der Waals surface area contributed by atoms with Crippen molar-refractivity contribution in [2.24, 2.45) is 0 Å². The fraction of sp³-hybridized carbons (Fsp3) is 0.211. The molecule has 0 bridgehead atoms. The standard InChI is InChI=1S/C19H20IN3O2S/c1-3-9-21-17(24)13-5-4-6-15(10-13)22-19(26)23-18(25)14-8-7-12(2)16(20)11-14/h4-8,10-11H,3,9H2,1-2H3,(H,21,24)(H2,22,23,25,26). The fourth-order valence-electron chi connectivity index (χ4n) is 2.15. The second-order valence-electron chi connectivity index (χ2n) is 5.71.